The van der Waals surface area contributed by atoms with Gasteiger partial charge < -0.3 is 20.1 Å². The number of carboxylic acids is 1. The monoisotopic (exact) mass is 323 g/mol. The lowest BCUT2D eigenvalue weighted by molar-refractivity contribution is -0.154. The van der Waals surface area contributed by atoms with Crippen LogP contribution in [0.2, 0.25) is 0 Å². The number of esters is 1. The van der Waals surface area contributed by atoms with Crippen molar-refractivity contribution >= 4 is 11.9 Å². The second kappa shape index (κ2) is 6.70. The zero-order chi connectivity index (χ0) is 17.2. The van der Waals surface area contributed by atoms with Gasteiger partial charge in [0.2, 0.25) is 0 Å². The van der Waals surface area contributed by atoms with Gasteiger partial charge in [0.15, 0.2) is 0 Å². The van der Waals surface area contributed by atoms with Crippen molar-refractivity contribution in [3.05, 3.63) is 17.2 Å². The van der Waals surface area contributed by atoms with Crippen LogP contribution in [0.3, 0.4) is 0 Å². The van der Waals surface area contributed by atoms with Gasteiger partial charge in [-0.25, -0.2) is 4.98 Å². The average molecular weight is 323 g/mol. The van der Waals surface area contributed by atoms with Gasteiger partial charge in [-0.3, -0.25) is 9.59 Å². The van der Waals surface area contributed by atoms with Crippen LogP contribution in [0.15, 0.2) is 0 Å². The van der Waals surface area contributed by atoms with Crippen LogP contribution in [0.25, 0.3) is 0 Å². The van der Waals surface area contributed by atoms with Gasteiger partial charge in [-0.15, -0.1) is 0 Å². The van der Waals surface area contributed by atoms with Gasteiger partial charge in [-0.2, -0.15) is 0 Å². The molecule has 1 aromatic rings. The first kappa shape index (κ1) is 17.5. The molecule has 128 valence electrons. The molecule has 23 heavy (non-hydrogen) atoms. The minimum absolute atomic E-state index is 0.0899. The molecule has 1 unspecified atom stereocenters. The fraction of sp³-hybridized carbons (Fsp3) is 0.688. The third-order valence-electron chi connectivity index (χ3n) is 3.73. The molecule has 2 heterocycles. The number of nitrogens with two attached hydrogens (primary N) is 1. The van der Waals surface area contributed by atoms with E-state index in [-0.39, 0.29) is 18.8 Å². The maximum absolute atomic E-state index is 12.1. The summed E-state index contributed by atoms with van der Waals surface area (Å²) in [6, 6.07) is -0.981. The summed E-state index contributed by atoms with van der Waals surface area (Å²) in [5.74, 6) is -0.734. The van der Waals surface area contributed by atoms with E-state index >= 15 is 0 Å². The van der Waals surface area contributed by atoms with Gasteiger partial charge in [0.05, 0.1) is 5.69 Å². The summed E-state index contributed by atoms with van der Waals surface area (Å²) < 4.78 is 7.38. The molecule has 0 saturated carbocycles. The summed E-state index contributed by atoms with van der Waals surface area (Å²) in [5, 5.41) is 8.99. The number of nitrogens with zero attached hydrogens (tertiary/aromatic N) is 2. The second-order valence-corrected chi connectivity index (χ2v) is 6.94. The highest BCUT2D eigenvalue weighted by molar-refractivity contribution is 5.73. The first-order valence-corrected chi connectivity index (χ1v) is 7.95. The highest BCUT2D eigenvalue weighted by Crippen LogP contribution is 2.23. The van der Waals surface area contributed by atoms with Crippen LogP contribution < -0.4 is 5.73 Å². The molecular formula is C16H25N3O4. The van der Waals surface area contributed by atoms with Crippen molar-refractivity contribution in [2.45, 2.75) is 71.1 Å². The van der Waals surface area contributed by atoms with Crippen LogP contribution in [-0.2, 0) is 40.1 Å². The van der Waals surface area contributed by atoms with Crippen molar-refractivity contribution < 1.29 is 19.4 Å². The molecule has 0 aromatic carbocycles. The number of aliphatic carboxylic acids is 1. The number of carboxylic acid groups (broad SMARTS) is 1. The molecule has 3 N–H and O–H groups in total. The molecule has 0 spiro atoms. The fourth-order valence-corrected chi connectivity index (χ4v) is 2.80. The lowest BCUT2D eigenvalue weighted by atomic mass is 10.0. The third kappa shape index (κ3) is 4.54. The predicted octanol–water partition coefficient (Wildman–Crippen LogP) is 1.06. The van der Waals surface area contributed by atoms with Crippen LogP contribution in [0.4, 0.5) is 0 Å². The van der Waals surface area contributed by atoms with Crippen molar-refractivity contribution in [2.24, 2.45) is 5.73 Å². The smallest absolute Gasteiger partial charge is 0.320 e. The molecule has 0 aliphatic carbocycles. The topological polar surface area (TPSA) is 107 Å². The fourth-order valence-electron chi connectivity index (χ4n) is 2.80. The van der Waals surface area contributed by atoms with Crippen molar-refractivity contribution in [1.29, 1.82) is 0 Å². The van der Waals surface area contributed by atoms with E-state index in [1.165, 1.54) is 0 Å². The number of aromatic nitrogens is 2. The Morgan fingerprint density at radius 1 is 1.39 bits per heavy atom. The molecule has 0 amide bonds. The van der Waals surface area contributed by atoms with Gasteiger partial charge in [-0.1, -0.05) is 0 Å². The van der Waals surface area contributed by atoms with Crippen LogP contribution in [0.5, 0.6) is 0 Å². The molecule has 1 aliphatic rings. The second-order valence-electron chi connectivity index (χ2n) is 6.94. The predicted molar refractivity (Wildman–Crippen MR) is 84.0 cm³/mol. The Morgan fingerprint density at radius 2 is 2.09 bits per heavy atom. The Labute approximate surface area is 135 Å². The Bertz CT molecular complexity index is 601. The molecule has 1 aromatic heterocycles. The molecule has 0 saturated heterocycles. The Kier molecular flexibility index (Phi) is 5.09. The minimum atomic E-state index is -1.05. The van der Waals surface area contributed by atoms with E-state index < -0.39 is 17.6 Å². The standard InChI is InChI=1S/C16H25N3O4/c1-16(2,3)23-14(20)9-13-18-11(8-10(17)15(21)22)12-6-4-5-7-19(12)13/h10H,4-9,17H2,1-3H3,(H,21,22). The summed E-state index contributed by atoms with van der Waals surface area (Å²) in [6.07, 6.45) is 3.16. The molecule has 7 nitrogen and oxygen atoms in total. The van der Waals surface area contributed by atoms with Crippen molar-refractivity contribution in [1.82, 2.24) is 9.55 Å². The SMILES string of the molecule is CC(C)(C)OC(=O)Cc1nc(CC(N)C(=O)O)c2n1CCCC2. The molecule has 0 radical (unpaired) electrons. The number of ether oxygens (including phenoxy) is 1. The first-order chi connectivity index (χ1) is 10.7. The van der Waals surface area contributed by atoms with E-state index in [0.717, 1.165) is 31.5 Å². The molecule has 2 rings (SSSR count). The van der Waals surface area contributed by atoms with Gasteiger partial charge in [-0.05, 0) is 40.0 Å². The molecule has 0 fully saturated rings. The van der Waals surface area contributed by atoms with E-state index in [4.69, 9.17) is 15.6 Å². The van der Waals surface area contributed by atoms with Crippen LogP contribution in [0, 0.1) is 0 Å². The molecule has 7 heteroatoms. The van der Waals surface area contributed by atoms with Crippen LogP contribution in [-0.4, -0.2) is 38.2 Å². The number of rotatable bonds is 5. The maximum atomic E-state index is 12.1. The number of hydrogen-bond acceptors (Lipinski definition) is 5. The van der Waals surface area contributed by atoms with E-state index in [1.807, 2.05) is 25.3 Å². The van der Waals surface area contributed by atoms with Crippen LogP contribution >= 0.6 is 0 Å². The third-order valence-corrected chi connectivity index (χ3v) is 3.73. The van der Waals surface area contributed by atoms with Gasteiger partial charge in [0.1, 0.15) is 23.9 Å². The Balaban J connectivity index is 2.21. The Hall–Kier alpha value is -1.89. The molecular weight excluding hydrogens is 298 g/mol. The summed E-state index contributed by atoms with van der Waals surface area (Å²) in [7, 11) is 0. The summed E-state index contributed by atoms with van der Waals surface area (Å²) >= 11 is 0. The Morgan fingerprint density at radius 3 is 2.70 bits per heavy atom. The molecule has 1 aliphatic heterocycles. The van der Waals surface area contributed by atoms with Crippen molar-refractivity contribution in [3.8, 4) is 0 Å². The summed E-state index contributed by atoms with van der Waals surface area (Å²) in [6.45, 7) is 6.26. The van der Waals surface area contributed by atoms with Gasteiger partial charge >= 0.3 is 11.9 Å². The van der Waals surface area contributed by atoms with Crippen molar-refractivity contribution in [3.63, 3.8) is 0 Å². The maximum Gasteiger partial charge on any atom is 0.320 e. The number of carbonyl (C=O) groups excluding carboxylic acids is 1. The zero-order valence-electron chi connectivity index (χ0n) is 14.0. The zero-order valence-corrected chi connectivity index (χ0v) is 14.0. The van der Waals surface area contributed by atoms with E-state index in [9.17, 15) is 9.59 Å². The van der Waals surface area contributed by atoms with Gasteiger partial charge in [0, 0.05) is 18.7 Å². The minimum Gasteiger partial charge on any atom is -0.480 e. The number of carbonyl (C=O) groups is 2. The first-order valence-electron chi connectivity index (χ1n) is 7.95. The quantitative estimate of drug-likeness (QED) is 0.785. The van der Waals surface area contributed by atoms with E-state index in [2.05, 4.69) is 4.98 Å². The van der Waals surface area contributed by atoms with Crippen molar-refractivity contribution in [2.75, 3.05) is 0 Å². The molecule has 1 atom stereocenters. The summed E-state index contributed by atoms with van der Waals surface area (Å²) in [5.41, 5.74) is 6.79. The average Bonchev–Trinajstić information content (AvgIpc) is 2.75. The number of hydrogen-bond donors (Lipinski definition) is 2. The normalized spacial score (nSPS) is 15.8. The van der Waals surface area contributed by atoms with E-state index in [0.29, 0.717) is 11.5 Å². The largest absolute Gasteiger partial charge is 0.480 e. The lowest BCUT2D eigenvalue weighted by Gasteiger charge is -2.20. The van der Waals surface area contributed by atoms with E-state index in [1.54, 1.807) is 0 Å². The van der Waals surface area contributed by atoms with Crippen LogP contribution in [0.1, 0.15) is 50.8 Å². The highest BCUT2D eigenvalue weighted by Gasteiger charge is 2.25. The molecule has 0 bridgehead atoms. The summed E-state index contributed by atoms with van der Waals surface area (Å²) in [4.78, 5) is 27.5. The lowest BCUT2D eigenvalue weighted by Crippen LogP contribution is -2.32. The van der Waals surface area contributed by atoms with Gasteiger partial charge in [0.25, 0.3) is 0 Å². The number of imidazole rings is 1. The number of fused-ring (bicyclic) bond motifs is 1. The highest BCUT2D eigenvalue weighted by atomic mass is 16.6.